The standard InChI is InChI=1S/C27H31N3O10/c31-13-20-22(32)24(34)27(39-20)38-14-21-23(33)25(35)26(40-21)37-10-9-36-15-11-18(16-5-1-3-7-28-16)30-19(12-15)17-6-2-4-8-29-17/h1-8,11-12,20-27,31-35H,9-10,13-14H2/t20-,21-,22-,23-,24-,25-,26-,27-/m1/s1. The molecule has 0 bridgehead atoms. The first-order valence-electron chi connectivity index (χ1n) is 12.8. The smallest absolute Gasteiger partial charge is 0.186 e. The van der Waals surface area contributed by atoms with E-state index in [9.17, 15) is 25.5 Å². The Labute approximate surface area is 229 Å². The number of hydrogen-bond acceptors (Lipinski definition) is 13. The van der Waals surface area contributed by atoms with Crippen molar-refractivity contribution in [3.63, 3.8) is 0 Å². The van der Waals surface area contributed by atoms with E-state index in [1.807, 2.05) is 36.4 Å². The average Bonchev–Trinajstić information content (AvgIpc) is 3.43. The second-order valence-corrected chi connectivity index (χ2v) is 9.29. The van der Waals surface area contributed by atoms with Crippen molar-refractivity contribution in [3.05, 3.63) is 60.9 Å². The largest absolute Gasteiger partial charge is 0.491 e. The second kappa shape index (κ2) is 13.0. The van der Waals surface area contributed by atoms with Crippen LogP contribution in [0.5, 0.6) is 5.75 Å². The summed E-state index contributed by atoms with van der Waals surface area (Å²) in [5.41, 5.74) is 2.55. The molecule has 0 aliphatic carbocycles. The first-order chi connectivity index (χ1) is 19.4. The van der Waals surface area contributed by atoms with Crippen molar-refractivity contribution in [1.82, 2.24) is 15.0 Å². The van der Waals surface area contributed by atoms with Crippen LogP contribution in [0.15, 0.2) is 60.9 Å². The number of aliphatic hydroxyl groups is 5. The van der Waals surface area contributed by atoms with Gasteiger partial charge in [-0.1, -0.05) is 12.1 Å². The van der Waals surface area contributed by atoms with Crippen LogP contribution in [0.1, 0.15) is 0 Å². The third kappa shape index (κ3) is 6.44. The predicted molar refractivity (Wildman–Crippen MR) is 137 cm³/mol. The van der Waals surface area contributed by atoms with Gasteiger partial charge in [-0.25, -0.2) is 4.98 Å². The molecule has 8 atom stereocenters. The van der Waals surface area contributed by atoms with E-state index in [-0.39, 0.29) is 19.8 Å². The third-order valence-electron chi connectivity index (χ3n) is 6.53. The molecule has 13 heteroatoms. The number of rotatable bonds is 11. The van der Waals surface area contributed by atoms with Crippen LogP contribution in [0.3, 0.4) is 0 Å². The lowest BCUT2D eigenvalue weighted by molar-refractivity contribution is -0.206. The first-order valence-corrected chi connectivity index (χ1v) is 12.8. The van der Waals surface area contributed by atoms with Gasteiger partial charge < -0.3 is 49.2 Å². The van der Waals surface area contributed by atoms with E-state index >= 15 is 0 Å². The molecule has 2 saturated heterocycles. The zero-order valence-corrected chi connectivity index (χ0v) is 21.3. The SMILES string of the molecule is OC[C@H]1O[C@@H](OC[C@H]2O[C@@H](OCCOc3cc(-c4ccccn4)nc(-c4ccccn4)c3)[C@H](O)[C@@H]2O)[C@H](O)[C@@H]1O. The highest BCUT2D eigenvalue weighted by atomic mass is 16.7. The zero-order chi connectivity index (χ0) is 28.1. The van der Waals surface area contributed by atoms with E-state index in [4.69, 9.17) is 23.7 Å². The van der Waals surface area contributed by atoms with Crippen LogP contribution in [-0.2, 0) is 18.9 Å². The van der Waals surface area contributed by atoms with Gasteiger partial charge in [0.25, 0.3) is 0 Å². The minimum absolute atomic E-state index is 0.0248. The third-order valence-corrected chi connectivity index (χ3v) is 6.53. The fourth-order valence-corrected chi connectivity index (χ4v) is 4.39. The Bertz CT molecular complexity index is 1170. The summed E-state index contributed by atoms with van der Waals surface area (Å²) in [6.45, 7) is -0.632. The average molecular weight is 558 g/mol. The van der Waals surface area contributed by atoms with Crippen molar-refractivity contribution < 1.29 is 49.2 Å². The number of aromatic nitrogens is 3. The Morgan fingerprint density at radius 2 is 1.25 bits per heavy atom. The van der Waals surface area contributed by atoms with Gasteiger partial charge >= 0.3 is 0 Å². The maximum atomic E-state index is 10.4. The van der Waals surface area contributed by atoms with Crippen molar-refractivity contribution >= 4 is 0 Å². The van der Waals surface area contributed by atoms with E-state index in [2.05, 4.69) is 15.0 Å². The van der Waals surface area contributed by atoms with Gasteiger partial charge in [-0.3, -0.25) is 9.97 Å². The molecule has 5 heterocycles. The van der Waals surface area contributed by atoms with Crippen LogP contribution >= 0.6 is 0 Å². The van der Waals surface area contributed by atoms with Crippen molar-refractivity contribution in [2.75, 3.05) is 26.4 Å². The summed E-state index contributed by atoms with van der Waals surface area (Å²) in [6, 6.07) is 14.6. The number of nitrogens with zero attached hydrogens (tertiary/aromatic N) is 3. The maximum absolute atomic E-state index is 10.4. The Morgan fingerprint density at radius 1 is 0.675 bits per heavy atom. The summed E-state index contributed by atoms with van der Waals surface area (Å²) in [5.74, 6) is 0.512. The predicted octanol–water partition coefficient (Wildman–Crippen LogP) is -0.497. The molecule has 40 heavy (non-hydrogen) atoms. The van der Waals surface area contributed by atoms with E-state index < -0.39 is 55.8 Å². The molecule has 2 aliphatic rings. The fourth-order valence-electron chi connectivity index (χ4n) is 4.39. The van der Waals surface area contributed by atoms with E-state index in [0.29, 0.717) is 28.5 Å². The van der Waals surface area contributed by atoms with Crippen molar-refractivity contribution in [1.29, 1.82) is 0 Å². The second-order valence-electron chi connectivity index (χ2n) is 9.29. The first kappa shape index (κ1) is 28.4. The van der Waals surface area contributed by atoms with E-state index in [1.54, 1.807) is 24.5 Å². The number of ether oxygens (including phenoxy) is 5. The summed E-state index contributed by atoms with van der Waals surface area (Å²) >= 11 is 0. The summed E-state index contributed by atoms with van der Waals surface area (Å²) in [7, 11) is 0. The summed E-state index contributed by atoms with van der Waals surface area (Å²) in [6.07, 6.45) is -6.37. The van der Waals surface area contributed by atoms with Gasteiger partial charge in [0.2, 0.25) is 0 Å². The molecule has 3 aromatic heterocycles. The van der Waals surface area contributed by atoms with Crippen LogP contribution in [-0.4, -0.2) is 116 Å². The number of aliphatic hydroxyl groups excluding tert-OH is 5. The summed E-state index contributed by atoms with van der Waals surface area (Å²) in [5, 5.41) is 49.7. The molecule has 0 aromatic carbocycles. The van der Waals surface area contributed by atoms with Crippen molar-refractivity contribution in [2.45, 2.75) is 49.2 Å². The molecular weight excluding hydrogens is 526 g/mol. The molecule has 5 rings (SSSR count). The van der Waals surface area contributed by atoms with Crippen LogP contribution < -0.4 is 4.74 Å². The van der Waals surface area contributed by atoms with Crippen LogP contribution in [0.4, 0.5) is 0 Å². The molecule has 214 valence electrons. The maximum Gasteiger partial charge on any atom is 0.186 e. The van der Waals surface area contributed by atoms with Crippen LogP contribution in [0.2, 0.25) is 0 Å². The van der Waals surface area contributed by atoms with Gasteiger partial charge in [-0.05, 0) is 24.3 Å². The number of hydrogen-bond donors (Lipinski definition) is 5. The van der Waals surface area contributed by atoms with Crippen molar-refractivity contribution in [2.24, 2.45) is 0 Å². The summed E-state index contributed by atoms with van der Waals surface area (Å²) in [4.78, 5) is 13.4. The Hall–Kier alpha value is -3.11. The minimum Gasteiger partial charge on any atom is -0.491 e. The van der Waals surface area contributed by atoms with Crippen LogP contribution in [0, 0.1) is 0 Å². The summed E-state index contributed by atoms with van der Waals surface area (Å²) < 4.78 is 27.8. The molecule has 2 aliphatic heterocycles. The molecule has 0 saturated carbocycles. The lowest BCUT2D eigenvalue weighted by atomic mass is 10.1. The molecule has 5 N–H and O–H groups in total. The highest BCUT2D eigenvalue weighted by Gasteiger charge is 2.46. The molecular formula is C27H31N3O10. The zero-order valence-electron chi connectivity index (χ0n) is 21.3. The molecule has 13 nitrogen and oxygen atoms in total. The van der Waals surface area contributed by atoms with Gasteiger partial charge in [0.05, 0.1) is 42.6 Å². The molecule has 0 radical (unpaired) electrons. The lowest BCUT2D eigenvalue weighted by Gasteiger charge is -2.20. The highest BCUT2D eigenvalue weighted by Crippen LogP contribution is 2.28. The molecule has 0 amide bonds. The molecule has 0 spiro atoms. The van der Waals surface area contributed by atoms with E-state index in [1.165, 1.54) is 0 Å². The molecule has 2 fully saturated rings. The quantitative estimate of drug-likeness (QED) is 0.190. The van der Waals surface area contributed by atoms with Gasteiger partial charge in [-0.15, -0.1) is 0 Å². The van der Waals surface area contributed by atoms with Gasteiger partial charge in [0.1, 0.15) is 49.0 Å². The van der Waals surface area contributed by atoms with Gasteiger partial charge in [-0.2, -0.15) is 0 Å². The Kier molecular flexibility index (Phi) is 9.26. The van der Waals surface area contributed by atoms with Crippen molar-refractivity contribution in [3.8, 4) is 28.5 Å². The Balaban J connectivity index is 1.15. The Morgan fingerprint density at radius 3 is 1.80 bits per heavy atom. The normalized spacial score (nSPS) is 30.0. The number of pyridine rings is 3. The van der Waals surface area contributed by atoms with Gasteiger partial charge in [0, 0.05) is 24.5 Å². The van der Waals surface area contributed by atoms with E-state index in [0.717, 1.165) is 0 Å². The monoisotopic (exact) mass is 557 g/mol. The molecule has 0 unspecified atom stereocenters. The fraction of sp³-hybridized carbons (Fsp3) is 0.444. The lowest BCUT2D eigenvalue weighted by Crippen LogP contribution is -2.38. The topological polar surface area (TPSA) is 186 Å². The van der Waals surface area contributed by atoms with Crippen LogP contribution in [0.25, 0.3) is 22.8 Å². The van der Waals surface area contributed by atoms with Gasteiger partial charge in [0.15, 0.2) is 12.6 Å². The molecule has 3 aromatic rings. The highest BCUT2D eigenvalue weighted by molar-refractivity contribution is 5.64. The minimum atomic E-state index is -1.38.